The topological polar surface area (TPSA) is 93.9 Å². The number of aromatic nitrogens is 3. The van der Waals surface area contributed by atoms with Gasteiger partial charge in [0.15, 0.2) is 11.0 Å². The highest BCUT2D eigenvalue weighted by atomic mass is 32.2. The van der Waals surface area contributed by atoms with E-state index in [1.54, 1.807) is 18.9 Å². The summed E-state index contributed by atoms with van der Waals surface area (Å²) in [6, 6.07) is 19.1. The molecule has 2 amide bonds. The first-order valence-electron chi connectivity index (χ1n) is 15.3. The van der Waals surface area contributed by atoms with Crippen LogP contribution in [0.5, 0.6) is 11.5 Å². The number of hydrogen-bond donors (Lipinski definition) is 1. The molecule has 1 N–H and O–H groups in total. The van der Waals surface area contributed by atoms with E-state index in [4.69, 9.17) is 4.74 Å². The average Bonchev–Trinajstić information content (AvgIpc) is 3.73. The van der Waals surface area contributed by atoms with Gasteiger partial charge in [0.05, 0.1) is 12.8 Å². The predicted molar refractivity (Wildman–Crippen MR) is 179 cm³/mol. The number of benzene rings is 3. The lowest BCUT2D eigenvalue weighted by molar-refractivity contribution is -0.274. The Labute approximate surface area is 276 Å². The summed E-state index contributed by atoms with van der Waals surface area (Å²) in [5, 5.41) is 8.11. The van der Waals surface area contributed by atoms with Crippen molar-refractivity contribution in [1.82, 2.24) is 20.1 Å². The minimum Gasteiger partial charge on any atom is -0.497 e. The monoisotopic (exact) mass is 666 g/mol. The molecule has 9 nitrogen and oxygen atoms in total. The van der Waals surface area contributed by atoms with Gasteiger partial charge in [-0.3, -0.25) is 0 Å². The number of halogens is 3. The fourth-order valence-corrected chi connectivity index (χ4v) is 6.21. The molecule has 1 unspecified atom stereocenters. The summed E-state index contributed by atoms with van der Waals surface area (Å²) in [4.78, 5) is 23.6. The van der Waals surface area contributed by atoms with Gasteiger partial charge in [-0.05, 0) is 78.3 Å². The fraction of sp³-hybridized carbons (Fsp3) is 0.353. The molecule has 0 radical (unpaired) electrons. The third kappa shape index (κ3) is 8.85. The normalized spacial score (nSPS) is 14.9. The number of alkyl halides is 3. The Morgan fingerprint density at radius 3 is 2.45 bits per heavy atom. The second-order valence-electron chi connectivity index (χ2n) is 11.4. The largest absolute Gasteiger partial charge is 0.573 e. The number of amidine groups is 1. The third-order valence-electron chi connectivity index (χ3n) is 7.78. The van der Waals surface area contributed by atoms with E-state index in [1.807, 2.05) is 42.5 Å². The zero-order valence-corrected chi connectivity index (χ0v) is 27.4. The number of ether oxygens (including phenoxy) is 2. The molecule has 4 aromatic rings. The van der Waals surface area contributed by atoms with Crippen LogP contribution < -0.4 is 19.7 Å². The lowest BCUT2D eigenvalue weighted by Crippen LogP contribution is -2.29. The van der Waals surface area contributed by atoms with E-state index in [0.717, 1.165) is 53.3 Å². The Kier molecular flexibility index (Phi) is 10.7. The molecular formula is C34H37F3N6O3S. The van der Waals surface area contributed by atoms with E-state index in [1.165, 1.54) is 35.3 Å². The minimum atomic E-state index is -4.74. The number of thioether (sulfide) groups is 1. The van der Waals surface area contributed by atoms with Crippen LogP contribution >= 0.6 is 11.8 Å². The molecule has 3 aromatic carbocycles. The van der Waals surface area contributed by atoms with Gasteiger partial charge in [0, 0.05) is 30.1 Å². The highest BCUT2D eigenvalue weighted by molar-refractivity contribution is 8.14. The highest BCUT2D eigenvalue weighted by Gasteiger charge is 2.31. The third-order valence-corrected chi connectivity index (χ3v) is 8.73. The number of aliphatic imine (C=N–C) groups is 1. The van der Waals surface area contributed by atoms with Gasteiger partial charge in [0.25, 0.3) is 0 Å². The maximum Gasteiger partial charge on any atom is 0.573 e. The first-order chi connectivity index (χ1) is 22.5. The van der Waals surface area contributed by atoms with Crippen molar-refractivity contribution in [3.05, 3.63) is 84.2 Å². The van der Waals surface area contributed by atoms with Crippen LogP contribution in [-0.2, 0) is 0 Å². The summed E-state index contributed by atoms with van der Waals surface area (Å²) in [7, 11) is 1.66. The summed E-state index contributed by atoms with van der Waals surface area (Å²) in [6.45, 7) is 7.73. The first-order valence-corrected chi connectivity index (χ1v) is 16.3. The second kappa shape index (κ2) is 14.9. The lowest BCUT2D eigenvalue weighted by Gasteiger charge is -2.23. The lowest BCUT2D eigenvalue weighted by atomic mass is 9.95. The molecule has 47 heavy (non-hydrogen) atoms. The molecule has 1 aliphatic heterocycles. The van der Waals surface area contributed by atoms with E-state index in [0.29, 0.717) is 29.1 Å². The maximum absolute atomic E-state index is 12.7. The predicted octanol–water partition coefficient (Wildman–Crippen LogP) is 8.17. The Bertz CT molecular complexity index is 1690. The van der Waals surface area contributed by atoms with Gasteiger partial charge in [0.2, 0.25) is 0 Å². The van der Waals surface area contributed by atoms with Gasteiger partial charge in [-0.2, -0.15) is 4.99 Å². The van der Waals surface area contributed by atoms with E-state index < -0.39 is 6.36 Å². The molecule has 0 bridgehead atoms. The SMILES string of the molecule is COc1ccc(N2CCS/C2=N\C(=O)NCCCC(C)c2ccc(-c3ncn(-c4ccc(OC(F)(F)F)cc4)n3)cc2)c(C(C)C)c1. The van der Waals surface area contributed by atoms with Crippen molar-refractivity contribution in [1.29, 1.82) is 0 Å². The average molecular weight is 667 g/mol. The van der Waals surface area contributed by atoms with Crippen LogP contribution in [0.3, 0.4) is 0 Å². The Morgan fingerprint density at radius 1 is 1.04 bits per heavy atom. The van der Waals surface area contributed by atoms with Crippen molar-refractivity contribution in [3.8, 4) is 28.6 Å². The quantitative estimate of drug-likeness (QED) is 0.162. The number of nitrogens with zero attached hydrogens (tertiary/aromatic N) is 5. The van der Waals surface area contributed by atoms with E-state index in [2.05, 4.69) is 50.8 Å². The highest BCUT2D eigenvalue weighted by Crippen LogP contribution is 2.35. The van der Waals surface area contributed by atoms with Crippen molar-refractivity contribution < 1.29 is 27.4 Å². The number of carbonyl (C=O) groups is 1. The summed E-state index contributed by atoms with van der Waals surface area (Å²) in [5.41, 5.74) is 4.73. The molecule has 1 fully saturated rings. The number of anilines is 1. The molecule has 1 atom stereocenters. The van der Waals surface area contributed by atoms with Crippen molar-refractivity contribution in [3.63, 3.8) is 0 Å². The smallest absolute Gasteiger partial charge is 0.497 e. The molecule has 1 aromatic heterocycles. The summed E-state index contributed by atoms with van der Waals surface area (Å²) in [5.74, 6) is 2.42. The van der Waals surface area contributed by atoms with Crippen molar-refractivity contribution in [2.45, 2.75) is 51.8 Å². The molecule has 5 rings (SSSR count). The van der Waals surface area contributed by atoms with Gasteiger partial charge in [0.1, 0.15) is 17.8 Å². The second-order valence-corrected chi connectivity index (χ2v) is 12.5. The molecular weight excluding hydrogens is 629 g/mol. The van der Waals surface area contributed by atoms with Crippen molar-refractivity contribution in [2.75, 3.05) is 30.9 Å². The van der Waals surface area contributed by atoms with Gasteiger partial charge in [-0.15, -0.1) is 18.3 Å². The van der Waals surface area contributed by atoms with Crippen molar-refractivity contribution >= 4 is 28.6 Å². The van der Waals surface area contributed by atoms with Crippen LogP contribution in [0.2, 0.25) is 0 Å². The molecule has 0 saturated carbocycles. The first kappa shape index (κ1) is 33.8. The van der Waals surface area contributed by atoms with Crippen molar-refractivity contribution in [2.24, 2.45) is 4.99 Å². The molecule has 248 valence electrons. The standard InChI is InChI=1S/C34H37F3N6O3S/c1-22(2)29-20-28(45-4)15-16-30(29)42-18-19-47-33(42)40-32(44)38-17-5-6-23(3)24-7-9-25(10-8-24)31-39-21-43(41-31)26-11-13-27(14-12-26)46-34(35,36)37/h7-16,20-23H,5-6,17-19H2,1-4H3,(H,38,44)/b40-33-. The molecule has 0 spiro atoms. The van der Waals surface area contributed by atoms with Crippen LogP contribution in [-0.4, -0.2) is 58.3 Å². The Morgan fingerprint density at radius 2 is 1.77 bits per heavy atom. The molecule has 1 saturated heterocycles. The number of urea groups is 1. The maximum atomic E-state index is 12.7. The molecule has 1 aliphatic rings. The number of rotatable bonds is 11. The number of hydrogen-bond acceptors (Lipinski definition) is 6. The van der Waals surface area contributed by atoms with E-state index in [9.17, 15) is 18.0 Å². The zero-order valence-electron chi connectivity index (χ0n) is 26.6. The van der Waals surface area contributed by atoms with Gasteiger partial charge in [-0.1, -0.05) is 56.8 Å². The fourth-order valence-electron chi connectivity index (χ4n) is 5.26. The van der Waals surface area contributed by atoms with Crippen LogP contribution in [0, 0.1) is 0 Å². The number of carbonyl (C=O) groups excluding carboxylic acids is 1. The number of nitrogens with one attached hydrogen (secondary N) is 1. The number of methoxy groups -OCH3 is 1. The van der Waals surface area contributed by atoms with Crippen LogP contribution in [0.25, 0.3) is 17.1 Å². The van der Waals surface area contributed by atoms with E-state index >= 15 is 0 Å². The summed E-state index contributed by atoms with van der Waals surface area (Å²) >= 11 is 1.58. The van der Waals surface area contributed by atoms with Crippen LogP contribution in [0.15, 0.2) is 78.0 Å². The minimum absolute atomic E-state index is 0.264. The number of amides is 2. The molecule has 2 heterocycles. The summed E-state index contributed by atoms with van der Waals surface area (Å²) in [6.07, 6.45) is -1.56. The Balaban J connectivity index is 1.11. The zero-order chi connectivity index (χ0) is 33.6. The molecule has 0 aliphatic carbocycles. The Hall–Kier alpha value is -4.52. The van der Waals surface area contributed by atoms with Gasteiger partial charge >= 0.3 is 12.4 Å². The summed E-state index contributed by atoms with van der Waals surface area (Å²) < 4.78 is 48.1. The van der Waals surface area contributed by atoms with E-state index in [-0.39, 0.29) is 17.7 Å². The van der Waals surface area contributed by atoms with Gasteiger partial charge < -0.3 is 19.7 Å². The van der Waals surface area contributed by atoms with Crippen LogP contribution in [0.1, 0.15) is 56.6 Å². The molecule has 13 heteroatoms. The van der Waals surface area contributed by atoms with Gasteiger partial charge in [-0.25, -0.2) is 14.5 Å². The van der Waals surface area contributed by atoms with Crippen LogP contribution in [0.4, 0.5) is 23.7 Å².